The molecule has 2 rings (SSSR count). The van der Waals surface area contributed by atoms with Crippen molar-refractivity contribution in [2.24, 2.45) is 0 Å². The molecule has 1 N–H and O–H groups in total. The molecule has 0 aliphatic carbocycles. The molecule has 1 aliphatic rings. The summed E-state index contributed by atoms with van der Waals surface area (Å²) in [5, 5.41) is 3.46. The Kier molecular flexibility index (Phi) is 5.02. The fourth-order valence-corrected chi connectivity index (χ4v) is 2.48. The molecule has 0 radical (unpaired) electrons. The van der Waals surface area contributed by atoms with Crippen molar-refractivity contribution in [3.8, 4) is 5.75 Å². The molecule has 0 amide bonds. The van der Waals surface area contributed by atoms with Gasteiger partial charge in [-0.2, -0.15) is 0 Å². The zero-order valence-corrected chi connectivity index (χ0v) is 12.2. The van der Waals surface area contributed by atoms with Crippen LogP contribution in [0, 0.1) is 0 Å². The van der Waals surface area contributed by atoms with Gasteiger partial charge >= 0.3 is 0 Å². The summed E-state index contributed by atoms with van der Waals surface area (Å²) < 4.78 is 5.78. The van der Waals surface area contributed by atoms with Gasteiger partial charge in [0.1, 0.15) is 0 Å². The number of hydrogen-bond donors (Lipinski definition) is 1. The Bertz CT molecular complexity index is 389. The molecule has 1 unspecified atom stereocenters. The summed E-state index contributed by atoms with van der Waals surface area (Å²) in [5.41, 5.74) is 0. The quantitative estimate of drug-likeness (QED) is 0.856. The van der Waals surface area contributed by atoms with E-state index in [0.717, 1.165) is 18.1 Å². The van der Waals surface area contributed by atoms with E-state index in [2.05, 4.69) is 22.1 Å². The molecule has 2 heterocycles. The summed E-state index contributed by atoms with van der Waals surface area (Å²) in [7, 11) is 0. The average Bonchev–Trinajstić information content (AvgIpc) is 2.83. The number of likely N-dealkylation sites (tertiary alicyclic amines) is 1. The number of anilines is 1. The fourth-order valence-electron chi connectivity index (χ4n) is 2.48. The molecular weight excluding hydrogens is 238 g/mol. The van der Waals surface area contributed by atoms with Crippen molar-refractivity contribution in [3.63, 3.8) is 0 Å². The van der Waals surface area contributed by atoms with E-state index in [0.29, 0.717) is 6.04 Å². The van der Waals surface area contributed by atoms with Crippen LogP contribution in [-0.2, 0) is 0 Å². The lowest BCUT2D eigenvalue weighted by Crippen LogP contribution is -2.33. The number of nitrogens with one attached hydrogen (secondary N) is 1. The van der Waals surface area contributed by atoms with Crippen molar-refractivity contribution in [1.29, 1.82) is 0 Å². The zero-order chi connectivity index (χ0) is 13.7. The van der Waals surface area contributed by atoms with E-state index < -0.39 is 0 Å². The van der Waals surface area contributed by atoms with E-state index in [-0.39, 0.29) is 6.10 Å². The first-order chi connectivity index (χ1) is 9.15. The molecule has 106 valence electrons. The Morgan fingerprint density at radius 2 is 2.05 bits per heavy atom. The molecule has 19 heavy (non-hydrogen) atoms. The standard InChI is InChI=1S/C15H25N3O/c1-12(2)19-14-7-6-8-16-15(14)17-13(3)11-18-9-4-5-10-18/h6-8,12-13H,4-5,9-11H2,1-3H3,(H,16,17). The van der Waals surface area contributed by atoms with Crippen LogP contribution in [0.15, 0.2) is 18.3 Å². The molecule has 0 saturated carbocycles. The number of hydrogen-bond acceptors (Lipinski definition) is 4. The van der Waals surface area contributed by atoms with Gasteiger partial charge in [-0.05, 0) is 58.8 Å². The Labute approximate surface area is 116 Å². The van der Waals surface area contributed by atoms with Crippen LogP contribution in [0.25, 0.3) is 0 Å². The summed E-state index contributed by atoms with van der Waals surface area (Å²) in [6.07, 6.45) is 4.63. The van der Waals surface area contributed by atoms with Crippen LogP contribution in [0.5, 0.6) is 5.75 Å². The lowest BCUT2D eigenvalue weighted by molar-refractivity contribution is 0.242. The van der Waals surface area contributed by atoms with Crippen molar-refractivity contribution >= 4 is 5.82 Å². The summed E-state index contributed by atoms with van der Waals surface area (Å²) in [6, 6.07) is 4.26. The fraction of sp³-hybridized carbons (Fsp3) is 0.667. The Morgan fingerprint density at radius 1 is 1.32 bits per heavy atom. The van der Waals surface area contributed by atoms with E-state index in [1.54, 1.807) is 6.20 Å². The van der Waals surface area contributed by atoms with Crippen molar-refractivity contribution in [1.82, 2.24) is 9.88 Å². The minimum atomic E-state index is 0.165. The number of ether oxygens (including phenoxy) is 1. The van der Waals surface area contributed by atoms with Gasteiger partial charge in [-0.15, -0.1) is 0 Å². The van der Waals surface area contributed by atoms with Crippen LogP contribution in [0.1, 0.15) is 33.6 Å². The van der Waals surface area contributed by atoms with Gasteiger partial charge in [0.25, 0.3) is 0 Å². The summed E-state index contributed by atoms with van der Waals surface area (Å²) in [5.74, 6) is 1.69. The van der Waals surface area contributed by atoms with Crippen LogP contribution in [0.2, 0.25) is 0 Å². The minimum Gasteiger partial charge on any atom is -0.487 e. The number of nitrogens with zero attached hydrogens (tertiary/aromatic N) is 2. The van der Waals surface area contributed by atoms with Gasteiger partial charge < -0.3 is 15.0 Å². The highest BCUT2D eigenvalue weighted by molar-refractivity contribution is 5.50. The van der Waals surface area contributed by atoms with Crippen LogP contribution in [0.3, 0.4) is 0 Å². The normalized spacial score (nSPS) is 17.7. The predicted octanol–water partition coefficient (Wildman–Crippen LogP) is 2.77. The predicted molar refractivity (Wildman–Crippen MR) is 78.8 cm³/mol. The third-order valence-corrected chi connectivity index (χ3v) is 3.25. The first kappa shape index (κ1) is 14.1. The monoisotopic (exact) mass is 263 g/mol. The highest BCUT2D eigenvalue weighted by Gasteiger charge is 2.16. The smallest absolute Gasteiger partial charge is 0.169 e. The third-order valence-electron chi connectivity index (χ3n) is 3.25. The second kappa shape index (κ2) is 6.75. The molecule has 1 aromatic heterocycles. The summed E-state index contributed by atoms with van der Waals surface area (Å²) >= 11 is 0. The molecule has 1 saturated heterocycles. The molecule has 1 atom stereocenters. The zero-order valence-electron chi connectivity index (χ0n) is 12.2. The lowest BCUT2D eigenvalue weighted by atomic mass is 10.3. The maximum atomic E-state index is 5.78. The Hall–Kier alpha value is -1.29. The molecule has 0 spiro atoms. The van der Waals surface area contributed by atoms with E-state index in [4.69, 9.17) is 4.74 Å². The minimum absolute atomic E-state index is 0.165. The van der Waals surface area contributed by atoms with Gasteiger partial charge in [0.2, 0.25) is 0 Å². The summed E-state index contributed by atoms with van der Waals surface area (Å²) in [4.78, 5) is 6.90. The van der Waals surface area contributed by atoms with Crippen LogP contribution in [0.4, 0.5) is 5.82 Å². The van der Waals surface area contributed by atoms with Gasteiger partial charge in [-0.25, -0.2) is 4.98 Å². The molecule has 1 aliphatic heterocycles. The molecule has 0 aromatic carbocycles. The van der Waals surface area contributed by atoms with E-state index in [9.17, 15) is 0 Å². The van der Waals surface area contributed by atoms with Crippen LogP contribution >= 0.6 is 0 Å². The summed E-state index contributed by atoms with van der Waals surface area (Å²) in [6.45, 7) is 9.78. The molecule has 4 nitrogen and oxygen atoms in total. The van der Waals surface area contributed by atoms with Crippen LogP contribution < -0.4 is 10.1 Å². The van der Waals surface area contributed by atoms with Crippen molar-refractivity contribution in [2.45, 2.75) is 45.8 Å². The Balaban J connectivity index is 1.93. The topological polar surface area (TPSA) is 37.4 Å². The van der Waals surface area contributed by atoms with Crippen molar-refractivity contribution in [2.75, 3.05) is 25.0 Å². The van der Waals surface area contributed by atoms with Crippen LogP contribution in [-0.4, -0.2) is 41.7 Å². The van der Waals surface area contributed by atoms with E-state index in [1.165, 1.54) is 25.9 Å². The lowest BCUT2D eigenvalue weighted by Gasteiger charge is -2.23. The SMILES string of the molecule is CC(CN1CCCC1)Nc1ncccc1OC(C)C. The second-order valence-electron chi connectivity index (χ2n) is 5.57. The van der Waals surface area contributed by atoms with Gasteiger partial charge in [0.05, 0.1) is 6.10 Å². The average molecular weight is 263 g/mol. The first-order valence-electron chi connectivity index (χ1n) is 7.25. The van der Waals surface area contributed by atoms with Crippen molar-refractivity contribution < 1.29 is 4.74 Å². The molecular formula is C15H25N3O. The highest BCUT2D eigenvalue weighted by atomic mass is 16.5. The van der Waals surface area contributed by atoms with E-state index in [1.807, 2.05) is 26.0 Å². The maximum absolute atomic E-state index is 5.78. The van der Waals surface area contributed by atoms with Gasteiger partial charge in [0.15, 0.2) is 11.6 Å². The maximum Gasteiger partial charge on any atom is 0.169 e. The number of pyridine rings is 1. The molecule has 1 fully saturated rings. The number of rotatable bonds is 6. The highest BCUT2D eigenvalue weighted by Crippen LogP contribution is 2.23. The Morgan fingerprint density at radius 3 is 2.74 bits per heavy atom. The van der Waals surface area contributed by atoms with Gasteiger partial charge in [-0.3, -0.25) is 0 Å². The van der Waals surface area contributed by atoms with Crippen molar-refractivity contribution in [3.05, 3.63) is 18.3 Å². The van der Waals surface area contributed by atoms with E-state index >= 15 is 0 Å². The third kappa shape index (κ3) is 4.39. The first-order valence-corrected chi connectivity index (χ1v) is 7.25. The van der Waals surface area contributed by atoms with Gasteiger partial charge in [-0.1, -0.05) is 0 Å². The molecule has 1 aromatic rings. The largest absolute Gasteiger partial charge is 0.487 e. The van der Waals surface area contributed by atoms with Gasteiger partial charge in [0, 0.05) is 18.8 Å². The molecule has 4 heteroatoms. The second-order valence-corrected chi connectivity index (χ2v) is 5.57. The molecule has 0 bridgehead atoms. The number of aromatic nitrogens is 1.